The van der Waals surface area contributed by atoms with Crippen LogP contribution in [0.15, 0.2) is 0 Å². The van der Waals surface area contributed by atoms with Gasteiger partial charge in [0.1, 0.15) is 0 Å². The summed E-state index contributed by atoms with van der Waals surface area (Å²) in [6, 6.07) is 0.875. The molecule has 2 atom stereocenters. The highest BCUT2D eigenvalue weighted by Crippen LogP contribution is 2.36. The lowest BCUT2D eigenvalue weighted by molar-refractivity contribution is 0.0718. The van der Waals surface area contributed by atoms with Gasteiger partial charge in [-0.25, -0.2) is 0 Å². The molecular weight excluding hydrogens is 122 g/mol. The number of hydrogen-bond donors (Lipinski definition) is 0. The molecule has 0 aromatic rings. The monoisotopic (exact) mass is 141 g/mol. The van der Waals surface area contributed by atoms with E-state index in [0.29, 0.717) is 0 Å². The van der Waals surface area contributed by atoms with Crippen LogP contribution in [-0.4, -0.2) is 25.0 Å². The van der Waals surface area contributed by atoms with E-state index >= 15 is 0 Å². The van der Waals surface area contributed by atoms with Crippen LogP contribution in [0.25, 0.3) is 0 Å². The Kier molecular flexibility index (Phi) is 2.35. The van der Waals surface area contributed by atoms with Gasteiger partial charge in [0, 0.05) is 6.04 Å². The van der Waals surface area contributed by atoms with Crippen molar-refractivity contribution in [2.75, 3.05) is 14.1 Å². The number of rotatable bonds is 2. The maximum absolute atomic E-state index is 2.37. The first kappa shape index (κ1) is 8.06. The molecule has 0 saturated heterocycles. The summed E-state index contributed by atoms with van der Waals surface area (Å²) in [7, 11) is 4.39. The van der Waals surface area contributed by atoms with Crippen LogP contribution >= 0.6 is 0 Å². The lowest BCUT2D eigenvalue weighted by Crippen LogP contribution is -2.45. The average molecular weight is 141 g/mol. The van der Waals surface area contributed by atoms with Crippen LogP contribution in [0, 0.1) is 11.8 Å². The molecule has 1 heteroatoms. The van der Waals surface area contributed by atoms with Crippen molar-refractivity contribution < 1.29 is 0 Å². The molecule has 0 N–H and O–H groups in total. The van der Waals surface area contributed by atoms with E-state index < -0.39 is 0 Å². The van der Waals surface area contributed by atoms with E-state index in [1.54, 1.807) is 0 Å². The summed E-state index contributed by atoms with van der Waals surface area (Å²) >= 11 is 0. The minimum Gasteiger partial charge on any atom is -0.306 e. The van der Waals surface area contributed by atoms with E-state index in [1.165, 1.54) is 12.8 Å². The van der Waals surface area contributed by atoms with Crippen molar-refractivity contribution in [2.24, 2.45) is 11.8 Å². The van der Waals surface area contributed by atoms with Gasteiger partial charge in [-0.2, -0.15) is 0 Å². The van der Waals surface area contributed by atoms with Gasteiger partial charge >= 0.3 is 0 Å². The normalized spacial score (nSPS) is 33.0. The minimum absolute atomic E-state index is 0.875. The van der Waals surface area contributed by atoms with Crippen LogP contribution in [0.2, 0.25) is 0 Å². The number of nitrogens with zero attached hydrogens (tertiary/aromatic N) is 1. The lowest BCUT2D eigenvalue weighted by Gasteiger charge is -2.43. The van der Waals surface area contributed by atoms with E-state index in [2.05, 4.69) is 32.8 Å². The second-order valence-electron chi connectivity index (χ2n) is 4.02. The molecule has 0 heterocycles. The Bertz CT molecular complexity index is 93.3. The molecule has 0 bridgehead atoms. The summed E-state index contributed by atoms with van der Waals surface area (Å²) in [5.74, 6) is 1.84. The van der Waals surface area contributed by atoms with E-state index in [9.17, 15) is 0 Å². The Morgan fingerprint density at radius 1 is 1.20 bits per heavy atom. The van der Waals surface area contributed by atoms with Gasteiger partial charge < -0.3 is 4.90 Å². The number of hydrogen-bond acceptors (Lipinski definition) is 1. The first-order chi connectivity index (χ1) is 4.63. The standard InChI is InChI=1S/C9H19N/c1-7(2)8-5-6-9(8)10(3)4/h7-9H,5-6H2,1-4H3. The molecule has 0 amide bonds. The Labute approximate surface area is 64.4 Å². The fourth-order valence-corrected chi connectivity index (χ4v) is 1.93. The molecule has 2 unspecified atom stereocenters. The maximum atomic E-state index is 2.37. The molecule has 0 aliphatic heterocycles. The molecule has 10 heavy (non-hydrogen) atoms. The van der Waals surface area contributed by atoms with Crippen LogP contribution in [0.1, 0.15) is 26.7 Å². The first-order valence-electron chi connectivity index (χ1n) is 4.29. The topological polar surface area (TPSA) is 3.24 Å². The summed E-state index contributed by atoms with van der Waals surface area (Å²) < 4.78 is 0. The van der Waals surface area contributed by atoms with Crippen molar-refractivity contribution in [1.29, 1.82) is 0 Å². The highest BCUT2D eigenvalue weighted by Gasteiger charge is 2.33. The molecule has 0 spiro atoms. The smallest absolute Gasteiger partial charge is 0.0120 e. The van der Waals surface area contributed by atoms with Gasteiger partial charge in [0.2, 0.25) is 0 Å². The molecule has 1 saturated carbocycles. The van der Waals surface area contributed by atoms with E-state index in [1.807, 2.05) is 0 Å². The highest BCUT2D eigenvalue weighted by molar-refractivity contribution is 4.87. The molecule has 60 valence electrons. The van der Waals surface area contributed by atoms with Crippen molar-refractivity contribution in [1.82, 2.24) is 4.90 Å². The third-order valence-corrected chi connectivity index (χ3v) is 2.81. The van der Waals surface area contributed by atoms with Crippen molar-refractivity contribution >= 4 is 0 Å². The van der Waals surface area contributed by atoms with Crippen molar-refractivity contribution in [3.05, 3.63) is 0 Å². The molecule has 0 aromatic carbocycles. The zero-order chi connectivity index (χ0) is 7.72. The second-order valence-corrected chi connectivity index (χ2v) is 4.02. The third-order valence-electron chi connectivity index (χ3n) is 2.81. The van der Waals surface area contributed by atoms with Gasteiger partial charge in [0.05, 0.1) is 0 Å². The molecule has 1 fully saturated rings. The van der Waals surface area contributed by atoms with Crippen LogP contribution in [0.5, 0.6) is 0 Å². The van der Waals surface area contributed by atoms with Gasteiger partial charge in [-0.05, 0) is 38.8 Å². The predicted octanol–water partition coefficient (Wildman–Crippen LogP) is 1.98. The van der Waals surface area contributed by atoms with Crippen LogP contribution in [-0.2, 0) is 0 Å². The Morgan fingerprint density at radius 3 is 1.90 bits per heavy atom. The van der Waals surface area contributed by atoms with E-state index in [0.717, 1.165) is 17.9 Å². The zero-order valence-corrected chi connectivity index (χ0v) is 7.59. The van der Waals surface area contributed by atoms with Crippen molar-refractivity contribution in [3.8, 4) is 0 Å². The molecule has 1 nitrogen and oxygen atoms in total. The van der Waals surface area contributed by atoms with Crippen molar-refractivity contribution in [3.63, 3.8) is 0 Å². The highest BCUT2D eigenvalue weighted by atomic mass is 15.1. The van der Waals surface area contributed by atoms with Gasteiger partial charge in [-0.1, -0.05) is 13.8 Å². The molecule has 1 aliphatic carbocycles. The average Bonchev–Trinajstić information content (AvgIpc) is 1.56. The lowest BCUT2D eigenvalue weighted by atomic mass is 9.72. The molecule has 1 aliphatic rings. The zero-order valence-electron chi connectivity index (χ0n) is 7.59. The Balaban J connectivity index is 2.36. The van der Waals surface area contributed by atoms with Crippen molar-refractivity contribution in [2.45, 2.75) is 32.7 Å². The summed E-state index contributed by atoms with van der Waals surface area (Å²) in [4.78, 5) is 2.37. The fourth-order valence-electron chi connectivity index (χ4n) is 1.93. The summed E-state index contributed by atoms with van der Waals surface area (Å²) in [6.45, 7) is 4.67. The minimum atomic E-state index is 0.875. The Hall–Kier alpha value is -0.0400. The summed E-state index contributed by atoms with van der Waals surface area (Å²) in [5.41, 5.74) is 0. The fraction of sp³-hybridized carbons (Fsp3) is 1.00. The second kappa shape index (κ2) is 2.91. The van der Waals surface area contributed by atoms with Crippen LogP contribution < -0.4 is 0 Å². The first-order valence-corrected chi connectivity index (χ1v) is 4.29. The predicted molar refractivity (Wildman–Crippen MR) is 45.0 cm³/mol. The SMILES string of the molecule is CC(C)C1CCC1N(C)C. The van der Waals surface area contributed by atoms with Gasteiger partial charge in [-0.15, -0.1) is 0 Å². The molecule has 0 aromatic heterocycles. The largest absolute Gasteiger partial charge is 0.306 e. The van der Waals surface area contributed by atoms with Gasteiger partial charge in [0.25, 0.3) is 0 Å². The molecule has 1 rings (SSSR count). The summed E-state index contributed by atoms with van der Waals surface area (Å²) in [6.07, 6.45) is 2.86. The Morgan fingerprint density at radius 2 is 1.80 bits per heavy atom. The van der Waals surface area contributed by atoms with Crippen LogP contribution in [0.3, 0.4) is 0 Å². The summed E-state index contributed by atoms with van der Waals surface area (Å²) in [5, 5.41) is 0. The van der Waals surface area contributed by atoms with E-state index in [-0.39, 0.29) is 0 Å². The van der Waals surface area contributed by atoms with Gasteiger partial charge in [0.15, 0.2) is 0 Å². The third kappa shape index (κ3) is 1.34. The maximum Gasteiger partial charge on any atom is 0.0120 e. The molecular formula is C9H19N. The van der Waals surface area contributed by atoms with E-state index in [4.69, 9.17) is 0 Å². The molecule has 0 radical (unpaired) electrons. The quantitative estimate of drug-likeness (QED) is 0.568. The van der Waals surface area contributed by atoms with Gasteiger partial charge in [-0.3, -0.25) is 0 Å². The van der Waals surface area contributed by atoms with Crippen LogP contribution in [0.4, 0.5) is 0 Å².